The number of rotatable bonds is 6. The maximum atomic E-state index is 8.96. The second kappa shape index (κ2) is 9.50. The number of aromatic nitrogens is 1. The Balaban J connectivity index is 1.41. The lowest BCUT2D eigenvalue weighted by Gasteiger charge is -2.20. The van der Waals surface area contributed by atoms with Gasteiger partial charge in [0.15, 0.2) is 0 Å². The highest BCUT2D eigenvalue weighted by atomic mass is 35.5. The fraction of sp³-hybridized carbons (Fsp3) is 0.185. The Morgan fingerprint density at radius 2 is 1.91 bits per heavy atom. The molecule has 6 heteroatoms. The standard InChI is InChI=1S/C27H21ClN2O3/c28-20-8-6-18-7-9-21(30-25(18)14-20)17-32-22-10-11-26-24(15-22)27(31-13-3-12-29)23-5-2-1-4-19(23)16-33-26/h1-2,4-11,14-15,27H,3,13,16-17H2. The summed E-state index contributed by atoms with van der Waals surface area (Å²) in [7, 11) is 0. The molecule has 5 nitrogen and oxygen atoms in total. The molecule has 0 saturated heterocycles. The van der Waals surface area contributed by atoms with Crippen LogP contribution in [-0.2, 0) is 18.0 Å². The third-order valence-electron chi connectivity index (χ3n) is 5.58. The first kappa shape index (κ1) is 21.3. The summed E-state index contributed by atoms with van der Waals surface area (Å²) in [4.78, 5) is 4.66. The number of hydrogen-bond acceptors (Lipinski definition) is 5. The van der Waals surface area contributed by atoms with Crippen molar-refractivity contribution < 1.29 is 14.2 Å². The van der Waals surface area contributed by atoms with Gasteiger partial charge in [0.25, 0.3) is 0 Å². The van der Waals surface area contributed by atoms with Crippen molar-refractivity contribution in [3.05, 3.63) is 100 Å². The van der Waals surface area contributed by atoms with Crippen LogP contribution in [0.4, 0.5) is 0 Å². The van der Waals surface area contributed by atoms with Crippen LogP contribution in [0.25, 0.3) is 10.9 Å². The normalized spacial score (nSPS) is 14.5. The number of halogens is 1. The molecule has 1 aliphatic rings. The summed E-state index contributed by atoms with van der Waals surface area (Å²) in [5.41, 5.74) is 4.63. The molecule has 0 fully saturated rings. The minimum Gasteiger partial charge on any atom is -0.488 e. The van der Waals surface area contributed by atoms with Gasteiger partial charge in [0.1, 0.15) is 30.8 Å². The van der Waals surface area contributed by atoms with E-state index in [0.29, 0.717) is 37.0 Å². The Morgan fingerprint density at radius 3 is 2.82 bits per heavy atom. The van der Waals surface area contributed by atoms with Crippen LogP contribution in [0.5, 0.6) is 11.5 Å². The molecule has 1 unspecified atom stereocenters. The topological polar surface area (TPSA) is 64.4 Å². The van der Waals surface area contributed by atoms with Crippen molar-refractivity contribution in [3.8, 4) is 17.6 Å². The number of hydrogen-bond donors (Lipinski definition) is 0. The lowest BCUT2D eigenvalue weighted by molar-refractivity contribution is 0.0839. The quantitative estimate of drug-likeness (QED) is 0.315. The van der Waals surface area contributed by atoms with E-state index in [9.17, 15) is 0 Å². The minimum absolute atomic E-state index is 0.318. The number of nitrogens with zero attached hydrogens (tertiary/aromatic N) is 2. The SMILES string of the molecule is N#CCCOC1c2ccccc2COc2ccc(OCc3ccc4ccc(Cl)cc4n3)cc21. The van der Waals surface area contributed by atoms with E-state index in [0.717, 1.165) is 39.0 Å². The van der Waals surface area contributed by atoms with E-state index in [2.05, 4.69) is 11.1 Å². The number of pyridine rings is 1. The van der Waals surface area contributed by atoms with Gasteiger partial charge >= 0.3 is 0 Å². The molecule has 164 valence electrons. The Labute approximate surface area is 197 Å². The maximum absolute atomic E-state index is 8.96. The average Bonchev–Trinajstić information content (AvgIpc) is 2.99. The first-order valence-electron chi connectivity index (χ1n) is 10.7. The molecule has 2 heterocycles. The average molecular weight is 457 g/mol. The van der Waals surface area contributed by atoms with Crippen molar-refractivity contribution in [1.29, 1.82) is 5.26 Å². The van der Waals surface area contributed by atoms with Crippen LogP contribution >= 0.6 is 11.6 Å². The molecule has 0 amide bonds. The minimum atomic E-state index is -0.337. The van der Waals surface area contributed by atoms with Crippen LogP contribution in [-0.4, -0.2) is 11.6 Å². The molecule has 0 aliphatic carbocycles. The molecule has 1 atom stereocenters. The zero-order valence-electron chi connectivity index (χ0n) is 17.8. The van der Waals surface area contributed by atoms with Crippen molar-refractivity contribution in [2.75, 3.05) is 6.61 Å². The number of fused-ring (bicyclic) bond motifs is 3. The molecule has 0 spiro atoms. The van der Waals surface area contributed by atoms with Crippen molar-refractivity contribution in [2.24, 2.45) is 0 Å². The summed E-state index contributed by atoms with van der Waals surface area (Å²) in [6.45, 7) is 1.12. The van der Waals surface area contributed by atoms with Crippen molar-refractivity contribution in [2.45, 2.75) is 25.7 Å². The zero-order valence-corrected chi connectivity index (χ0v) is 18.6. The Hall–Kier alpha value is -3.59. The van der Waals surface area contributed by atoms with Gasteiger partial charge in [0.2, 0.25) is 0 Å². The molecule has 3 aromatic carbocycles. The van der Waals surface area contributed by atoms with E-state index < -0.39 is 0 Å². The Morgan fingerprint density at radius 1 is 1.03 bits per heavy atom. The molecule has 4 aromatic rings. The maximum Gasteiger partial charge on any atom is 0.130 e. The van der Waals surface area contributed by atoms with Crippen LogP contribution < -0.4 is 9.47 Å². The van der Waals surface area contributed by atoms with Crippen LogP contribution in [0.2, 0.25) is 5.02 Å². The Bertz CT molecular complexity index is 1350. The Kier molecular flexibility index (Phi) is 6.12. The van der Waals surface area contributed by atoms with Gasteiger partial charge in [0, 0.05) is 16.0 Å². The van der Waals surface area contributed by atoms with Crippen LogP contribution in [0.3, 0.4) is 0 Å². The predicted molar refractivity (Wildman–Crippen MR) is 126 cm³/mol. The molecule has 1 aliphatic heterocycles. The summed E-state index contributed by atoms with van der Waals surface area (Å²) in [6.07, 6.45) is -0.0144. The molecular weight excluding hydrogens is 436 g/mol. The van der Waals surface area contributed by atoms with Gasteiger partial charge in [-0.05, 0) is 47.5 Å². The molecule has 0 saturated carbocycles. The zero-order chi connectivity index (χ0) is 22.6. The second-order valence-corrected chi connectivity index (χ2v) is 8.21. The molecular formula is C27H21ClN2O3. The summed E-state index contributed by atoms with van der Waals surface area (Å²) in [5.74, 6) is 1.44. The van der Waals surface area contributed by atoms with Crippen LogP contribution in [0, 0.1) is 11.3 Å². The van der Waals surface area contributed by atoms with Gasteiger partial charge in [-0.25, -0.2) is 4.98 Å². The van der Waals surface area contributed by atoms with Gasteiger partial charge in [-0.1, -0.05) is 48.0 Å². The summed E-state index contributed by atoms with van der Waals surface area (Å²) in [5, 5.41) is 10.6. The molecule has 33 heavy (non-hydrogen) atoms. The second-order valence-electron chi connectivity index (χ2n) is 7.77. The number of ether oxygens (including phenoxy) is 3. The number of nitriles is 1. The van der Waals surface area contributed by atoms with Gasteiger partial charge in [-0.2, -0.15) is 5.26 Å². The first-order chi connectivity index (χ1) is 16.2. The summed E-state index contributed by atoms with van der Waals surface area (Å²) in [6, 6.07) is 25.6. The van der Waals surface area contributed by atoms with Gasteiger partial charge in [0.05, 0.1) is 30.3 Å². The van der Waals surface area contributed by atoms with Crippen LogP contribution in [0.15, 0.2) is 72.8 Å². The lowest BCUT2D eigenvalue weighted by Crippen LogP contribution is -2.09. The highest BCUT2D eigenvalue weighted by Gasteiger charge is 2.26. The van der Waals surface area contributed by atoms with Crippen molar-refractivity contribution >= 4 is 22.5 Å². The highest BCUT2D eigenvalue weighted by Crippen LogP contribution is 2.40. The van der Waals surface area contributed by atoms with Gasteiger partial charge < -0.3 is 14.2 Å². The van der Waals surface area contributed by atoms with Crippen LogP contribution in [0.1, 0.15) is 34.9 Å². The largest absolute Gasteiger partial charge is 0.488 e. The summed E-state index contributed by atoms with van der Waals surface area (Å²) >= 11 is 6.11. The molecule has 1 aromatic heterocycles. The third kappa shape index (κ3) is 4.63. The molecule has 0 radical (unpaired) electrons. The van der Waals surface area contributed by atoms with E-state index in [-0.39, 0.29) is 6.10 Å². The molecule has 5 rings (SSSR count). The van der Waals surface area contributed by atoms with Gasteiger partial charge in [-0.15, -0.1) is 0 Å². The lowest BCUT2D eigenvalue weighted by atomic mass is 9.97. The van der Waals surface area contributed by atoms with Crippen molar-refractivity contribution in [3.63, 3.8) is 0 Å². The van der Waals surface area contributed by atoms with Crippen molar-refractivity contribution in [1.82, 2.24) is 4.98 Å². The van der Waals surface area contributed by atoms with E-state index >= 15 is 0 Å². The van der Waals surface area contributed by atoms with E-state index in [1.54, 1.807) is 0 Å². The fourth-order valence-electron chi connectivity index (χ4n) is 3.97. The van der Waals surface area contributed by atoms with E-state index in [1.807, 2.05) is 72.8 Å². The first-order valence-corrected chi connectivity index (χ1v) is 11.1. The monoisotopic (exact) mass is 456 g/mol. The van der Waals surface area contributed by atoms with E-state index in [1.165, 1.54) is 0 Å². The fourth-order valence-corrected chi connectivity index (χ4v) is 4.14. The molecule has 0 bridgehead atoms. The third-order valence-corrected chi connectivity index (χ3v) is 5.82. The number of benzene rings is 3. The highest BCUT2D eigenvalue weighted by molar-refractivity contribution is 6.31. The molecule has 0 N–H and O–H groups in total. The van der Waals surface area contributed by atoms with E-state index in [4.69, 9.17) is 31.1 Å². The van der Waals surface area contributed by atoms with Gasteiger partial charge in [-0.3, -0.25) is 0 Å². The predicted octanol–water partition coefficient (Wildman–Crippen LogP) is 6.38. The summed E-state index contributed by atoms with van der Waals surface area (Å²) < 4.78 is 18.3. The smallest absolute Gasteiger partial charge is 0.130 e.